The maximum absolute atomic E-state index is 12.8. The van der Waals surface area contributed by atoms with E-state index < -0.39 is 5.97 Å². The van der Waals surface area contributed by atoms with Gasteiger partial charge in [-0.3, -0.25) is 9.59 Å². The van der Waals surface area contributed by atoms with Crippen LogP contribution in [0.2, 0.25) is 0 Å². The van der Waals surface area contributed by atoms with Gasteiger partial charge >= 0.3 is 11.9 Å². The number of fused-ring (bicyclic) bond motifs is 2. The van der Waals surface area contributed by atoms with E-state index in [9.17, 15) is 14.4 Å². The molecule has 0 bridgehead atoms. The second-order valence-electron chi connectivity index (χ2n) is 11.9. The second-order valence-corrected chi connectivity index (χ2v) is 11.9. The predicted molar refractivity (Wildman–Crippen MR) is 153 cm³/mol. The van der Waals surface area contributed by atoms with E-state index in [1.165, 1.54) is 5.56 Å². The van der Waals surface area contributed by atoms with Gasteiger partial charge in [-0.25, -0.2) is 4.79 Å². The first-order chi connectivity index (χ1) is 19.3. The molecule has 1 radical (unpaired) electrons. The molecule has 1 saturated carbocycles. The van der Waals surface area contributed by atoms with Gasteiger partial charge in [-0.05, 0) is 56.3 Å². The third-order valence-corrected chi connectivity index (χ3v) is 9.05. The monoisotopic (exact) mass is 610 g/mol. The Bertz CT molecular complexity index is 1010. The molecule has 1 aromatic rings. The Morgan fingerprint density at radius 2 is 1.85 bits per heavy atom. The average Bonchev–Trinajstić information content (AvgIpc) is 3.34. The number of carboxylic acids is 1. The van der Waals surface area contributed by atoms with Crippen molar-refractivity contribution in [1.82, 2.24) is 9.80 Å². The van der Waals surface area contributed by atoms with Crippen LogP contribution in [0.5, 0.6) is 5.75 Å². The van der Waals surface area contributed by atoms with Crippen LogP contribution >= 0.6 is 0 Å². The van der Waals surface area contributed by atoms with Gasteiger partial charge in [0.2, 0.25) is 5.91 Å². The molecule has 1 N–H and O–H groups in total. The van der Waals surface area contributed by atoms with Gasteiger partial charge in [0.25, 0.3) is 0 Å². The molecule has 4 rings (SSSR count). The number of hydrogen-bond donors (Lipinski definition) is 1. The van der Waals surface area contributed by atoms with Crippen LogP contribution in [0.1, 0.15) is 75.8 Å². The van der Waals surface area contributed by atoms with Gasteiger partial charge in [-0.1, -0.05) is 50.2 Å². The zero-order valence-corrected chi connectivity index (χ0v) is 25.9. The van der Waals surface area contributed by atoms with Gasteiger partial charge in [0.15, 0.2) is 6.61 Å². The Hall–Kier alpha value is -2.09. The fraction of sp³-hybridized carbons (Fsp3) is 0.688. The summed E-state index contributed by atoms with van der Waals surface area (Å²) >= 11 is 0. The number of carbonyl (C=O) groups excluding carboxylic acids is 2. The Kier molecular flexibility index (Phi) is 13.5. The molecule has 1 saturated heterocycles. The molecule has 0 aromatic heterocycles. The number of unbranched alkanes of at least 4 members (excludes halogenated alkanes) is 2. The van der Waals surface area contributed by atoms with Crippen molar-refractivity contribution >= 4 is 17.8 Å². The number of hydrogen-bond acceptors (Lipinski definition) is 6. The molecule has 1 aliphatic heterocycles. The number of benzene rings is 1. The van der Waals surface area contributed by atoms with E-state index in [4.69, 9.17) is 14.6 Å². The standard InChI is InChI=1S/C32H47N2O6.Mn/c1-3-4-5-8-26(40-32(38)15-14-30(35)34-18-16-33(2)17-19-34)13-12-23-10-11-25-21-28-24(20-27(23)25)7-6-9-29(28)39-22-31(36)37;/h6-7,9-10,23,25-27H,3-5,8,11-22H2,1-2H3,(H,36,37);/q-1;/t23-,25-,26+,27-;/m1./s1. The summed E-state index contributed by atoms with van der Waals surface area (Å²) < 4.78 is 11.6. The Morgan fingerprint density at radius 1 is 1.07 bits per heavy atom. The number of carboxylic acid groups (broad SMARTS) is 1. The van der Waals surface area contributed by atoms with Crippen molar-refractivity contribution in [3.63, 3.8) is 0 Å². The molecule has 229 valence electrons. The van der Waals surface area contributed by atoms with Crippen molar-refractivity contribution in [1.29, 1.82) is 0 Å². The number of rotatable bonds is 14. The van der Waals surface area contributed by atoms with E-state index in [2.05, 4.69) is 31.4 Å². The van der Waals surface area contributed by atoms with E-state index in [-0.39, 0.29) is 54.5 Å². The number of piperazine rings is 1. The molecule has 41 heavy (non-hydrogen) atoms. The van der Waals surface area contributed by atoms with Gasteiger partial charge in [0.1, 0.15) is 11.9 Å². The summed E-state index contributed by atoms with van der Waals surface area (Å²) in [5, 5.41) is 9.03. The fourth-order valence-corrected chi connectivity index (χ4v) is 6.69. The molecule has 0 unspecified atom stereocenters. The molecule has 8 nitrogen and oxygen atoms in total. The normalized spacial score (nSPS) is 22.7. The molecule has 2 aliphatic carbocycles. The van der Waals surface area contributed by atoms with Gasteiger partial charge in [-0.15, -0.1) is 0 Å². The second kappa shape index (κ2) is 16.5. The summed E-state index contributed by atoms with van der Waals surface area (Å²) in [5.74, 6) is 1.11. The number of likely N-dealkylation sites (N-methyl/N-ethyl adjacent to an activating group) is 1. The Labute approximate surface area is 256 Å². The third kappa shape index (κ3) is 9.72. The first-order valence-electron chi connectivity index (χ1n) is 15.3. The van der Waals surface area contributed by atoms with Gasteiger partial charge in [0, 0.05) is 49.7 Å². The van der Waals surface area contributed by atoms with Crippen LogP contribution in [0.4, 0.5) is 0 Å². The van der Waals surface area contributed by atoms with Crippen molar-refractivity contribution < 1.29 is 46.0 Å². The molecule has 9 heteroatoms. The molecule has 3 aliphatic rings. The number of ether oxygens (including phenoxy) is 2. The minimum absolute atomic E-state index is 0. The van der Waals surface area contributed by atoms with Gasteiger partial charge in [-0.2, -0.15) is 12.3 Å². The molecule has 4 atom stereocenters. The van der Waals surface area contributed by atoms with Gasteiger partial charge < -0.3 is 30.8 Å². The molecule has 1 heterocycles. The van der Waals surface area contributed by atoms with Crippen LogP contribution in [0.25, 0.3) is 0 Å². The molecular formula is C32H47MnN2O6-. The number of nitrogens with zero attached hydrogens (tertiary/aromatic N) is 2. The number of amides is 1. The van der Waals surface area contributed by atoms with Crippen LogP contribution in [0.15, 0.2) is 18.2 Å². The van der Waals surface area contributed by atoms with Crippen LogP contribution in [0.3, 0.4) is 0 Å². The smallest absolute Gasteiger partial charge is 0.341 e. The van der Waals surface area contributed by atoms with Crippen LogP contribution in [0, 0.1) is 24.2 Å². The fourth-order valence-electron chi connectivity index (χ4n) is 6.69. The van der Waals surface area contributed by atoms with Crippen LogP contribution in [-0.2, 0) is 49.0 Å². The molecule has 1 amide bonds. The summed E-state index contributed by atoms with van der Waals surface area (Å²) in [5.41, 5.74) is 2.43. The van der Waals surface area contributed by atoms with E-state index in [0.29, 0.717) is 23.5 Å². The molecule has 0 spiro atoms. The van der Waals surface area contributed by atoms with Crippen molar-refractivity contribution in [2.75, 3.05) is 39.8 Å². The van der Waals surface area contributed by atoms with Crippen LogP contribution in [-0.4, -0.2) is 78.7 Å². The zero-order chi connectivity index (χ0) is 28.5. The predicted octanol–water partition coefficient (Wildman–Crippen LogP) is 4.53. The quantitative estimate of drug-likeness (QED) is 0.143. The first kappa shape index (κ1) is 33.4. The summed E-state index contributed by atoms with van der Waals surface area (Å²) in [4.78, 5) is 40.4. The van der Waals surface area contributed by atoms with Crippen molar-refractivity contribution in [2.24, 2.45) is 17.8 Å². The van der Waals surface area contributed by atoms with Crippen molar-refractivity contribution in [3.8, 4) is 5.75 Å². The van der Waals surface area contributed by atoms with E-state index >= 15 is 0 Å². The maximum atomic E-state index is 12.8. The van der Waals surface area contributed by atoms with E-state index in [1.807, 2.05) is 17.0 Å². The number of carbonyl (C=O) groups is 3. The van der Waals surface area contributed by atoms with E-state index in [0.717, 1.165) is 89.5 Å². The average molecular weight is 611 g/mol. The summed E-state index contributed by atoms with van der Waals surface area (Å²) in [7, 11) is 2.06. The minimum Gasteiger partial charge on any atom is -0.482 e. The van der Waals surface area contributed by atoms with Gasteiger partial charge in [0.05, 0.1) is 6.42 Å². The Morgan fingerprint density at radius 3 is 2.59 bits per heavy atom. The summed E-state index contributed by atoms with van der Waals surface area (Å²) in [6, 6.07) is 5.99. The zero-order valence-electron chi connectivity index (χ0n) is 24.7. The molecular weight excluding hydrogens is 563 g/mol. The first-order valence-corrected chi connectivity index (χ1v) is 15.3. The summed E-state index contributed by atoms with van der Waals surface area (Å²) in [6.07, 6.45) is 11.7. The van der Waals surface area contributed by atoms with Crippen molar-refractivity contribution in [2.45, 2.75) is 83.7 Å². The maximum Gasteiger partial charge on any atom is 0.341 e. The van der Waals surface area contributed by atoms with Crippen molar-refractivity contribution in [3.05, 3.63) is 35.7 Å². The minimum atomic E-state index is -0.962. The number of esters is 1. The van der Waals surface area contributed by atoms with Crippen LogP contribution < -0.4 is 4.74 Å². The van der Waals surface area contributed by atoms with E-state index in [1.54, 1.807) is 0 Å². The third-order valence-electron chi connectivity index (χ3n) is 9.05. The summed E-state index contributed by atoms with van der Waals surface area (Å²) in [6.45, 7) is 5.07. The largest absolute Gasteiger partial charge is 0.482 e. The molecule has 2 fully saturated rings. The molecule has 1 aromatic carbocycles. The topological polar surface area (TPSA) is 96.4 Å². The SMILES string of the molecule is CCCCC[C@@H](CC[C@H]1[CH-]C[C@@H]2Cc3c(cccc3OCC(=O)O)C[C@@H]21)OC(=O)CCC(=O)N1CCN(C)CC1.[Mn]. The Balaban J connectivity index is 0.00000462. The number of aliphatic carboxylic acids is 1.